The van der Waals surface area contributed by atoms with Gasteiger partial charge in [0.25, 0.3) is 0 Å². The van der Waals surface area contributed by atoms with Crippen molar-refractivity contribution in [2.24, 2.45) is 5.92 Å². The van der Waals surface area contributed by atoms with Crippen LogP contribution < -0.4 is 4.74 Å². The van der Waals surface area contributed by atoms with Crippen molar-refractivity contribution in [1.82, 2.24) is 0 Å². The average Bonchev–Trinajstić information content (AvgIpc) is 3.37. The van der Waals surface area contributed by atoms with Crippen LogP contribution in [0.5, 0.6) is 11.5 Å². The molecule has 1 N–H and O–H groups in total. The molecule has 2 aromatic rings. The maximum atomic E-state index is 10.7. The topological polar surface area (TPSA) is 29.5 Å². The second-order valence-corrected chi connectivity index (χ2v) is 7.40. The van der Waals surface area contributed by atoms with E-state index in [2.05, 4.69) is 15.9 Å². The summed E-state index contributed by atoms with van der Waals surface area (Å²) in [7, 11) is 0. The molecular weight excluding hydrogens is 399 g/mol. The van der Waals surface area contributed by atoms with Gasteiger partial charge in [-0.2, -0.15) is 0 Å². The van der Waals surface area contributed by atoms with Crippen LogP contribution in [-0.2, 0) is 6.42 Å². The number of hydrogen-bond donors (Lipinski definition) is 1. The first-order valence-electron chi connectivity index (χ1n) is 7.50. The minimum Gasteiger partial charge on any atom is -0.457 e. The number of alkyl halides is 1. The molecule has 0 saturated heterocycles. The third-order valence-electron chi connectivity index (χ3n) is 4.14. The van der Waals surface area contributed by atoms with Crippen molar-refractivity contribution >= 4 is 39.1 Å². The number of ether oxygens (including phenoxy) is 1. The van der Waals surface area contributed by atoms with Crippen molar-refractivity contribution in [1.29, 1.82) is 0 Å². The first-order valence-corrected chi connectivity index (χ1v) is 9.38. The molecule has 0 heterocycles. The molecule has 5 heteroatoms. The van der Waals surface area contributed by atoms with Crippen molar-refractivity contribution in [3.05, 3.63) is 58.1 Å². The Labute approximate surface area is 154 Å². The van der Waals surface area contributed by atoms with Gasteiger partial charge in [0.2, 0.25) is 0 Å². The summed E-state index contributed by atoms with van der Waals surface area (Å²) in [4.78, 5) is 0. The Bertz CT molecular complexity index is 686. The second-order valence-electron chi connectivity index (χ2n) is 6.00. The van der Waals surface area contributed by atoms with Crippen LogP contribution in [0.4, 0.5) is 0 Å². The Morgan fingerprint density at radius 2 is 1.74 bits per heavy atom. The molecule has 3 rings (SSSR count). The molecule has 0 bridgehead atoms. The van der Waals surface area contributed by atoms with Crippen molar-refractivity contribution in [2.75, 3.05) is 5.33 Å². The zero-order valence-electron chi connectivity index (χ0n) is 12.4. The molecule has 2 nitrogen and oxygen atoms in total. The van der Waals surface area contributed by atoms with Gasteiger partial charge in [-0.25, -0.2) is 0 Å². The zero-order valence-corrected chi connectivity index (χ0v) is 15.5. The fourth-order valence-corrected chi connectivity index (χ4v) is 3.64. The maximum Gasteiger partial charge on any atom is 0.128 e. The van der Waals surface area contributed by atoms with E-state index in [1.807, 2.05) is 12.1 Å². The van der Waals surface area contributed by atoms with Crippen LogP contribution in [-0.4, -0.2) is 16.0 Å². The summed E-state index contributed by atoms with van der Waals surface area (Å²) in [6.07, 6.45) is 2.71. The third-order valence-corrected chi connectivity index (χ3v) is 5.71. The zero-order chi connectivity index (χ0) is 16.4. The van der Waals surface area contributed by atoms with E-state index in [9.17, 15) is 5.11 Å². The van der Waals surface area contributed by atoms with E-state index < -0.39 is 5.60 Å². The van der Waals surface area contributed by atoms with Crippen LogP contribution in [0.15, 0.2) is 42.5 Å². The number of rotatable bonds is 6. The molecule has 0 aliphatic heterocycles. The molecule has 1 atom stereocenters. The Balaban J connectivity index is 1.74. The van der Waals surface area contributed by atoms with E-state index in [0.29, 0.717) is 39.2 Å². The predicted octanol–water partition coefficient (Wildman–Crippen LogP) is 5.86. The number of aliphatic hydroxyl groups is 1. The van der Waals surface area contributed by atoms with E-state index in [-0.39, 0.29) is 0 Å². The largest absolute Gasteiger partial charge is 0.457 e. The first-order chi connectivity index (χ1) is 11.0. The Hall–Kier alpha value is -0.740. The molecule has 1 unspecified atom stereocenters. The number of halogens is 3. The standard InChI is InChI=1S/C18H17BrCl2O2/c19-11-18(22,13-2-3-13)10-12-1-6-16(9-17(12)21)23-15-7-4-14(20)5-8-15/h1,4-9,13,22H,2-3,10-11H2. The van der Waals surface area contributed by atoms with Crippen LogP contribution in [0.25, 0.3) is 0 Å². The lowest BCUT2D eigenvalue weighted by Gasteiger charge is -2.26. The van der Waals surface area contributed by atoms with Crippen LogP contribution >= 0.6 is 39.1 Å². The highest BCUT2D eigenvalue weighted by atomic mass is 79.9. The van der Waals surface area contributed by atoms with Gasteiger partial charge in [0.1, 0.15) is 11.5 Å². The minimum absolute atomic E-state index is 0.364. The fourth-order valence-electron chi connectivity index (χ4n) is 2.62. The van der Waals surface area contributed by atoms with Gasteiger partial charge in [0.05, 0.1) is 5.60 Å². The summed E-state index contributed by atoms with van der Waals surface area (Å²) in [6, 6.07) is 12.7. The van der Waals surface area contributed by atoms with Crippen molar-refractivity contribution in [3.63, 3.8) is 0 Å². The van der Waals surface area contributed by atoms with Crippen molar-refractivity contribution < 1.29 is 9.84 Å². The highest BCUT2D eigenvalue weighted by Gasteiger charge is 2.43. The molecule has 1 saturated carbocycles. The molecule has 2 aromatic carbocycles. The Kier molecular flexibility index (Phi) is 5.22. The van der Waals surface area contributed by atoms with Gasteiger partial charge in [-0.15, -0.1) is 0 Å². The summed E-state index contributed by atoms with van der Waals surface area (Å²) < 4.78 is 5.77. The normalized spacial score (nSPS) is 16.9. The summed E-state index contributed by atoms with van der Waals surface area (Å²) in [6.45, 7) is 0. The summed E-state index contributed by atoms with van der Waals surface area (Å²) >= 11 is 15.7. The molecule has 1 aliphatic carbocycles. The van der Waals surface area contributed by atoms with Gasteiger partial charge in [0.15, 0.2) is 0 Å². The lowest BCUT2D eigenvalue weighted by molar-refractivity contribution is 0.0435. The van der Waals surface area contributed by atoms with E-state index in [1.54, 1.807) is 30.3 Å². The van der Waals surface area contributed by atoms with Crippen molar-refractivity contribution in [2.45, 2.75) is 24.9 Å². The molecule has 122 valence electrons. The Morgan fingerprint density at radius 3 is 2.30 bits per heavy atom. The van der Waals surface area contributed by atoms with Gasteiger partial charge in [-0.05, 0) is 60.7 Å². The van der Waals surface area contributed by atoms with Crippen LogP contribution in [0, 0.1) is 5.92 Å². The van der Waals surface area contributed by atoms with Crippen LogP contribution in [0.1, 0.15) is 18.4 Å². The van der Waals surface area contributed by atoms with Gasteiger partial charge >= 0.3 is 0 Å². The second kappa shape index (κ2) is 7.02. The molecule has 23 heavy (non-hydrogen) atoms. The highest BCUT2D eigenvalue weighted by molar-refractivity contribution is 9.09. The summed E-state index contributed by atoms with van der Waals surface area (Å²) in [5, 5.41) is 12.6. The van der Waals surface area contributed by atoms with Gasteiger partial charge in [0, 0.05) is 21.8 Å². The van der Waals surface area contributed by atoms with Crippen LogP contribution in [0.3, 0.4) is 0 Å². The monoisotopic (exact) mass is 414 g/mol. The quantitative estimate of drug-likeness (QED) is 0.598. The molecule has 1 fully saturated rings. The first kappa shape index (κ1) is 17.1. The van der Waals surface area contributed by atoms with Gasteiger partial charge in [-0.1, -0.05) is 45.2 Å². The number of hydrogen-bond acceptors (Lipinski definition) is 2. The maximum absolute atomic E-state index is 10.7. The molecular formula is C18H17BrCl2O2. The lowest BCUT2D eigenvalue weighted by Crippen LogP contribution is -2.36. The Morgan fingerprint density at radius 1 is 1.09 bits per heavy atom. The van der Waals surface area contributed by atoms with E-state index in [4.69, 9.17) is 27.9 Å². The smallest absolute Gasteiger partial charge is 0.128 e. The molecule has 0 amide bonds. The lowest BCUT2D eigenvalue weighted by atomic mass is 9.91. The molecule has 0 radical (unpaired) electrons. The van der Waals surface area contributed by atoms with Gasteiger partial charge in [-0.3, -0.25) is 0 Å². The summed E-state index contributed by atoms with van der Waals surface area (Å²) in [5.41, 5.74) is 0.214. The minimum atomic E-state index is -0.720. The van der Waals surface area contributed by atoms with E-state index in [1.165, 1.54) is 0 Å². The molecule has 0 aromatic heterocycles. The predicted molar refractivity (Wildman–Crippen MR) is 98.1 cm³/mol. The molecule has 0 spiro atoms. The third kappa shape index (κ3) is 4.21. The SMILES string of the molecule is OC(CBr)(Cc1ccc(Oc2ccc(Cl)cc2)cc1Cl)C1CC1. The number of benzene rings is 2. The van der Waals surface area contributed by atoms with Crippen LogP contribution in [0.2, 0.25) is 10.0 Å². The van der Waals surface area contributed by atoms with E-state index >= 15 is 0 Å². The average molecular weight is 416 g/mol. The van der Waals surface area contributed by atoms with Crippen molar-refractivity contribution in [3.8, 4) is 11.5 Å². The molecule has 1 aliphatic rings. The van der Waals surface area contributed by atoms with Gasteiger partial charge < -0.3 is 9.84 Å². The van der Waals surface area contributed by atoms with E-state index in [0.717, 1.165) is 18.4 Å². The highest BCUT2D eigenvalue weighted by Crippen LogP contribution is 2.43. The fraction of sp³-hybridized carbons (Fsp3) is 0.333. The summed E-state index contributed by atoms with van der Waals surface area (Å²) in [5.74, 6) is 1.73.